The number of unbranched alkanes of at least 4 members (excludes halogenated alkanes) is 1. The van der Waals surface area contributed by atoms with Crippen LogP contribution in [0.15, 0.2) is 25.8 Å². The lowest BCUT2D eigenvalue weighted by Crippen LogP contribution is -2.00. The van der Waals surface area contributed by atoms with Gasteiger partial charge in [0.05, 0.1) is 19.8 Å². The first-order valence-corrected chi connectivity index (χ1v) is 5.55. The quantitative estimate of drug-likeness (QED) is 0.341. The van der Waals surface area contributed by atoms with Gasteiger partial charge in [-0.3, -0.25) is 0 Å². The SMILES string of the molecule is C=C.C=CC(=O)OCCCC.COC.OCCO. The van der Waals surface area contributed by atoms with E-state index in [1.807, 2.05) is 6.92 Å². The monoisotopic (exact) mass is 264 g/mol. The van der Waals surface area contributed by atoms with Crippen molar-refractivity contribution in [3.63, 3.8) is 0 Å². The van der Waals surface area contributed by atoms with Crippen LogP contribution in [0.5, 0.6) is 0 Å². The zero-order valence-electron chi connectivity index (χ0n) is 11.9. The molecule has 0 saturated carbocycles. The number of esters is 1. The Morgan fingerprint density at radius 1 is 1.22 bits per heavy atom. The second kappa shape index (κ2) is 36.0. The molecule has 0 aliphatic rings. The lowest BCUT2D eigenvalue weighted by atomic mass is 10.4. The molecule has 0 radical (unpaired) electrons. The highest BCUT2D eigenvalue weighted by Gasteiger charge is 1.91. The van der Waals surface area contributed by atoms with Crippen LogP contribution >= 0.6 is 0 Å². The molecule has 2 N–H and O–H groups in total. The second-order valence-corrected chi connectivity index (χ2v) is 2.58. The number of carbonyl (C=O) groups is 1. The first-order valence-electron chi connectivity index (χ1n) is 5.55. The molecule has 18 heavy (non-hydrogen) atoms. The summed E-state index contributed by atoms with van der Waals surface area (Å²) in [4.78, 5) is 10.3. The summed E-state index contributed by atoms with van der Waals surface area (Å²) in [5.41, 5.74) is 0. The van der Waals surface area contributed by atoms with Gasteiger partial charge in [-0.25, -0.2) is 4.79 Å². The molecular weight excluding hydrogens is 236 g/mol. The third-order valence-corrected chi connectivity index (χ3v) is 1.01. The number of ether oxygens (including phenoxy) is 2. The van der Waals surface area contributed by atoms with Gasteiger partial charge in [-0.2, -0.15) is 0 Å². The van der Waals surface area contributed by atoms with Crippen molar-refractivity contribution in [2.24, 2.45) is 0 Å². The number of hydrogen-bond acceptors (Lipinski definition) is 5. The lowest BCUT2D eigenvalue weighted by molar-refractivity contribution is -0.137. The fraction of sp³-hybridized carbons (Fsp3) is 0.615. The van der Waals surface area contributed by atoms with Crippen LogP contribution in [0.3, 0.4) is 0 Å². The van der Waals surface area contributed by atoms with Crippen LogP contribution in [-0.4, -0.2) is 50.2 Å². The number of carbonyl (C=O) groups excluding carboxylic acids is 1. The highest BCUT2D eigenvalue weighted by molar-refractivity contribution is 5.81. The lowest BCUT2D eigenvalue weighted by Gasteiger charge is -1.97. The minimum Gasteiger partial charge on any atom is -0.463 e. The smallest absolute Gasteiger partial charge is 0.330 e. The number of aliphatic hydroxyl groups is 2. The Balaban J connectivity index is -0.0000000909. The van der Waals surface area contributed by atoms with Crippen molar-refractivity contribution in [2.45, 2.75) is 19.8 Å². The van der Waals surface area contributed by atoms with E-state index >= 15 is 0 Å². The van der Waals surface area contributed by atoms with E-state index in [2.05, 4.69) is 29.2 Å². The Hall–Kier alpha value is -1.17. The van der Waals surface area contributed by atoms with Gasteiger partial charge in [0.25, 0.3) is 0 Å². The van der Waals surface area contributed by atoms with Crippen molar-refractivity contribution < 1.29 is 24.5 Å². The van der Waals surface area contributed by atoms with Crippen LogP contribution in [0.2, 0.25) is 0 Å². The molecule has 5 heteroatoms. The molecule has 0 heterocycles. The first kappa shape index (κ1) is 25.6. The predicted octanol–water partition coefficient (Wildman–Crippen LogP) is 1.55. The summed E-state index contributed by atoms with van der Waals surface area (Å²) in [6, 6.07) is 0. The Kier molecular flexibility index (Phi) is 51.3. The number of methoxy groups -OCH3 is 1. The Bertz CT molecular complexity index is 146. The molecule has 0 aromatic rings. The molecule has 0 aromatic carbocycles. The summed E-state index contributed by atoms with van der Waals surface area (Å²) in [5, 5.41) is 15.2. The molecule has 0 spiro atoms. The van der Waals surface area contributed by atoms with Crippen LogP contribution in [0.1, 0.15) is 19.8 Å². The second-order valence-electron chi connectivity index (χ2n) is 2.58. The molecule has 110 valence electrons. The van der Waals surface area contributed by atoms with Crippen molar-refractivity contribution in [3.8, 4) is 0 Å². The third-order valence-electron chi connectivity index (χ3n) is 1.01. The van der Waals surface area contributed by atoms with Gasteiger partial charge in [0.1, 0.15) is 0 Å². The minimum absolute atomic E-state index is 0.125. The number of aliphatic hydroxyl groups excluding tert-OH is 2. The van der Waals surface area contributed by atoms with Crippen LogP contribution in [0, 0.1) is 0 Å². The topological polar surface area (TPSA) is 76.0 Å². The number of rotatable bonds is 5. The summed E-state index contributed by atoms with van der Waals surface area (Å²) >= 11 is 0. The maximum atomic E-state index is 10.3. The minimum atomic E-state index is -0.330. The van der Waals surface area contributed by atoms with Gasteiger partial charge in [-0.15, -0.1) is 13.2 Å². The van der Waals surface area contributed by atoms with E-state index in [4.69, 9.17) is 10.2 Å². The maximum Gasteiger partial charge on any atom is 0.330 e. The molecule has 0 rings (SSSR count). The Morgan fingerprint density at radius 2 is 1.61 bits per heavy atom. The van der Waals surface area contributed by atoms with E-state index in [0.29, 0.717) is 6.61 Å². The molecule has 0 amide bonds. The van der Waals surface area contributed by atoms with E-state index in [1.165, 1.54) is 6.08 Å². The van der Waals surface area contributed by atoms with Crippen molar-refractivity contribution in [1.29, 1.82) is 0 Å². The molecule has 0 atom stereocenters. The molecular formula is C13H28O5. The van der Waals surface area contributed by atoms with E-state index in [-0.39, 0.29) is 19.2 Å². The van der Waals surface area contributed by atoms with Crippen molar-refractivity contribution in [1.82, 2.24) is 0 Å². The number of hydrogen-bond donors (Lipinski definition) is 2. The van der Waals surface area contributed by atoms with Crippen LogP contribution in [-0.2, 0) is 14.3 Å². The highest BCUT2D eigenvalue weighted by atomic mass is 16.5. The van der Waals surface area contributed by atoms with E-state index < -0.39 is 0 Å². The summed E-state index contributed by atoms with van der Waals surface area (Å²) in [7, 11) is 3.25. The Morgan fingerprint density at radius 3 is 1.83 bits per heavy atom. The summed E-state index contributed by atoms with van der Waals surface area (Å²) in [6.45, 7) is 11.6. The van der Waals surface area contributed by atoms with Gasteiger partial charge in [0, 0.05) is 20.3 Å². The van der Waals surface area contributed by atoms with Gasteiger partial charge in [-0.05, 0) is 6.42 Å². The van der Waals surface area contributed by atoms with Gasteiger partial charge in [-0.1, -0.05) is 19.9 Å². The summed E-state index contributed by atoms with van der Waals surface area (Å²) < 4.78 is 8.92. The fourth-order valence-electron chi connectivity index (χ4n) is 0.376. The molecule has 0 saturated heterocycles. The molecule has 0 fully saturated rings. The normalized spacial score (nSPS) is 7.17. The zero-order valence-corrected chi connectivity index (χ0v) is 11.9. The molecule has 0 aliphatic carbocycles. The van der Waals surface area contributed by atoms with Gasteiger partial charge in [0.2, 0.25) is 0 Å². The standard InChI is InChI=1S/C7H12O2.C2H6O2.C2H6O.C2H4/c1-3-5-6-9-7(8)4-2;3-1-2-4;1-3-2;1-2/h4H,2-3,5-6H2,1H3;3-4H,1-2H2;1-2H3;1-2H2. The fourth-order valence-corrected chi connectivity index (χ4v) is 0.376. The average molecular weight is 264 g/mol. The first-order chi connectivity index (χ1) is 8.64. The van der Waals surface area contributed by atoms with E-state index in [9.17, 15) is 4.79 Å². The van der Waals surface area contributed by atoms with Crippen LogP contribution < -0.4 is 0 Å². The van der Waals surface area contributed by atoms with Gasteiger partial charge >= 0.3 is 5.97 Å². The van der Waals surface area contributed by atoms with Crippen LogP contribution in [0.4, 0.5) is 0 Å². The van der Waals surface area contributed by atoms with Crippen molar-refractivity contribution in [2.75, 3.05) is 34.0 Å². The van der Waals surface area contributed by atoms with Crippen LogP contribution in [0.25, 0.3) is 0 Å². The Labute approximate surface area is 111 Å². The zero-order chi connectivity index (χ0) is 15.2. The average Bonchev–Trinajstić information content (AvgIpc) is 2.42. The molecule has 0 bridgehead atoms. The molecule has 0 unspecified atom stereocenters. The summed E-state index contributed by atoms with van der Waals surface area (Å²) in [5.74, 6) is -0.330. The largest absolute Gasteiger partial charge is 0.463 e. The van der Waals surface area contributed by atoms with Gasteiger partial charge in [0.15, 0.2) is 0 Å². The maximum absolute atomic E-state index is 10.3. The van der Waals surface area contributed by atoms with Gasteiger partial charge < -0.3 is 19.7 Å². The van der Waals surface area contributed by atoms with Crippen molar-refractivity contribution in [3.05, 3.63) is 25.8 Å². The predicted molar refractivity (Wildman–Crippen MR) is 74.4 cm³/mol. The highest BCUT2D eigenvalue weighted by Crippen LogP contribution is 1.88. The molecule has 5 nitrogen and oxygen atoms in total. The van der Waals surface area contributed by atoms with Crippen molar-refractivity contribution >= 4 is 5.97 Å². The van der Waals surface area contributed by atoms with E-state index in [0.717, 1.165) is 12.8 Å². The third kappa shape index (κ3) is 60.8. The molecule has 0 aliphatic heterocycles. The molecule has 0 aromatic heterocycles. The summed E-state index contributed by atoms with van der Waals surface area (Å²) in [6.07, 6.45) is 3.15. The van der Waals surface area contributed by atoms with E-state index in [1.54, 1.807) is 14.2 Å².